The summed E-state index contributed by atoms with van der Waals surface area (Å²) >= 11 is 3.35. The van der Waals surface area contributed by atoms with E-state index in [2.05, 4.69) is 37.4 Å². The number of thioether (sulfide) groups is 1. The van der Waals surface area contributed by atoms with E-state index >= 15 is 0 Å². The van der Waals surface area contributed by atoms with Gasteiger partial charge in [0.05, 0.1) is 25.6 Å². The van der Waals surface area contributed by atoms with Gasteiger partial charge in [0.25, 0.3) is 0 Å². The fourth-order valence-electron chi connectivity index (χ4n) is 4.76. The topological polar surface area (TPSA) is 87.6 Å². The normalized spacial score (nSPS) is 25.0. The van der Waals surface area contributed by atoms with E-state index in [0.717, 1.165) is 29.9 Å². The number of morpholine rings is 1. The third-order valence-corrected chi connectivity index (χ3v) is 8.50. The van der Waals surface area contributed by atoms with Crippen LogP contribution in [0.1, 0.15) is 35.5 Å². The van der Waals surface area contributed by atoms with E-state index in [-0.39, 0.29) is 12.1 Å². The highest BCUT2D eigenvalue weighted by Gasteiger charge is 2.42. The van der Waals surface area contributed by atoms with Crippen LogP contribution in [0.25, 0.3) is 5.00 Å². The van der Waals surface area contributed by atoms with Crippen molar-refractivity contribution in [2.75, 3.05) is 43.7 Å². The van der Waals surface area contributed by atoms with E-state index in [0.29, 0.717) is 38.7 Å². The lowest BCUT2D eigenvalue weighted by atomic mass is 9.87. The number of hydrazine groups is 1. The van der Waals surface area contributed by atoms with Crippen LogP contribution in [-0.2, 0) is 22.4 Å². The van der Waals surface area contributed by atoms with Gasteiger partial charge in [-0.1, -0.05) is 18.7 Å². The predicted molar refractivity (Wildman–Crippen MR) is 115 cm³/mol. The number of fused-ring (bicyclic) bond motifs is 8. The average Bonchev–Trinajstić information content (AvgIpc) is 3.47. The molecule has 0 radical (unpaired) electrons. The second-order valence-electron chi connectivity index (χ2n) is 8.28. The number of ether oxygens (including phenoxy) is 1. The van der Waals surface area contributed by atoms with Crippen molar-refractivity contribution in [3.8, 4) is 5.00 Å². The number of aromatic nitrogens is 3. The fraction of sp³-hybridized carbons (Fsp3) is 0.632. The van der Waals surface area contributed by atoms with E-state index < -0.39 is 0 Å². The van der Waals surface area contributed by atoms with E-state index in [1.54, 1.807) is 0 Å². The molecule has 0 aromatic carbocycles. The molecule has 1 amide bonds. The monoisotopic (exact) mass is 447 g/mol. The van der Waals surface area contributed by atoms with Crippen LogP contribution >= 0.6 is 23.1 Å². The van der Waals surface area contributed by atoms with Gasteiger partial charge in [-0.25, -0.2) is 9.99 Å². The Hall–Kier alpha value is -1.66. The summed E-state index contributed by atoms with van der Waals surface area (Å²) in [6.07, 6.45) is 3.60. The second-order valence-corrected chi connectivity index (χ2v) is 10.3. The van der Waals surface area contributed by atoms with Crippen LogP contribution in [0, 0.1) is 5.92 Å². The Balaban J connectivity index is 1.34. The molecule has 2 aromatic heterocycles. The molecule has 6 rings (SSSR count). The Labute approximate surface area is 183 Å². The minimum atomic E-state index is 0.0953. The molecule has 2 saturated heterocycles. The zero-order chi connectivity index (χ0) is 20.2. The highest BCUT2D eigenvalue weighted by Crippen LogP contribution is 2.48. The first-order valence-corrected chi connectivity index (χ1v) is 12.4. The first-order valence-electron chi connectivity index (χ1n) is 10.6. The number of thiophene rings is 1. The number of hydrogen-bond donors (Lipinski definition) is 2. The molecule has 11 heteroatoms. The maximum absolute atomic E-state index is 12.6. The minimum Gasteiger partial charge on any atom is -0.378 e. The van der Waals surface area contributed by atoms with Gasteiger partial charge in [-0.2, -0.15) is 0 Å². The molecule has 2 N–H and O–H groups in total. The molecule has 2 aromatic rings. The maximum Gasteiger partial charge on any atom is 0.249 e. The Morgan fingerprint density at radius 2 is 2.20 bits per heavy atom. The first kappa shape index (κ1) is 19.1. The molecular weight excluding hydrogens is 422 g/mol. The van der Waals surface area contributed by atoms with Gasteiger partial charge in [0.2, 0.25) is 11.9 Å². The maximum atomic E-state index is 12.6. The molecule has 2 atom stereocenters. The highest BCUT2D eigenvalue weighted by atomic mass is 32.2. The molecule has 30 heavy (non-hydrogen) atoms. The van der Waals surface area contributed by atoms with Crippen molar-refractivity contribution in [1.82, 2.24) is 30.4 Å². The molecule has 160 valence electrons. The largest absolute Gasteiger partial charge is 0.378 e. The summed E-state index contributed by atoms with van der Waals surface area (Å²) in [7, 11) is 0. The quantitative estimate of drug-likeness (QED) is 0.681. The number of carbonyl (C=O) groups excluding carboxylic acids is 1. The number of nitrogens with zero attached hydrogens (tertiary/aromatic N) is 5. The number of amides is 1. The average molecular weight is 448 g/mol. The summed E-state index contributed by atoms with van der Waals surface area (Å²) in [6, 6.07) is 0. The third-order valence-electron chi connectivity index (χ3n) is 6.33. The van der Waals surface area contributed by atoms with Crippen LogP contribution in [0.3, 0.4) is 0 Å². The van der Waals surface area contributed by atoms with E-state index in [4.69, 9.17) is 4.74 Å². The summed E-state index contributed by atoms with van der Waals surface area (Å²) in [6.45, 7) is 5.62. The summed E-state index contributed by atoms with van der Waals surface area (Å²) in [5.74, 6) is 2.02. The van der Waals surface area contributed by atoms with Crippen molar-refractivity contribution >= 4 is 35.0 Å². The van der Waals surface area contributed by atoms with Gasteiger partial charge in [0.1, 0.15) is 11.2 Å². The molecule has 4 aliphatic rings. The fourth-order valence-corrected chi connectivity index (χ4v) is 7.19. The molecule has 0 bridgehead atoms. The van der Waals surface area contributed by atoms with Crippen molar-refractivity contribution in [3.63, 3.8) is 0 Å². The molecule has 3 aliphatic heterocycles. The van der Waals surface area contributed by atoms with E-state index in [9.17, 15) is 4.79 Å². The first-order chi connectivity index (χ1) is 14.7. The summed E-state index contributed by atoms with van der Waals surface area (Å²) < 4.78 is 7.51. The standard InChI is InChI=1S/C19H25N7O2S2/c1-11-2-3-12-13(8-11)30-17-15(12)16-20-10-21-26(16)18-22-23-19(25(17)18)29-9-14(27)24-4-6-28-7-5-24/h11,16,20-21H,2-10H2,1H3/t11-,16?/m0/s1. The van der Waals surface area contributed by atoms with Crippen LogP contribution in [0.4, 0.5) is 5.95 Å². The number of hydrogen-bond acceptors (Lipinski definition) is 9. The van der Waals surface area contributed by atoms with Crippen molar-refractivity contribution in [2.24, 2.45) is 5.92 Å². The van der Waals surface area contributed by atoms with Crippen LogP contribution in [0.2, 0.25) is 0 Å². The van der Waals surface area contributed by atoms with E-state index in [1.165, 1.54) is 39.2 Å². The highest BCUT2D eigenvalue weighted by molar-refractivity contribution is 7.99. The van der Waals surface area contributed by atoms with Crippen molar-refractivity contribution in [3.05, 3.63) is 16.0 Å². The zero-order valence-electron chi connectivity index (χ0n) is 16.9. The Morgan fingerprint density at radius 3 is 3.07 bits per heavy atom. The zero-order valence-corrected chi connectivity index (χ0v) is 18.5. The Bertz CT molecular complexity index is 984. The van der Waals surface area contributed by atoms with Gasteiger partial charge in [-0.05, 0) is 30.7 Å². The van der Waals surface area contributed by atoms with Crippen LogP contribution in [0.15, 0.2) is 5.16 Å². The van der Waals surface area contributed by atoms with Gasteiger partial charge in [-0.15, -0.1) is 21.5 Å². The van der Waals surface area contributed by atoms with Gasteiger partial charge >= 0.3 is 0 Å². The molecule has 1 aliphatic carbocycles. The lowest BCUT2D eigenvalue weighted by molar-refractivity contribution is -0.132. The molecule has 5 heterocycles. The van der Waals surface area contributed by atoms with Gasteiger partial charge < -0.3 is 9.64 Å². The summed E-state index contributed by atoms with van der Waals surface area (Å²) in [5.41, 5.74) is 6.26. The van der Waals surface area contributed by atoms with Gasteiger partial charge in [0.15, 0.2) is 5.16 Å². The number of rotatable bonds is 3. The van der Waals surface area contributed by atoms with Crippen molar-refractivity contribution < 1.29 is 9.53 Å². The van der Waals surface area contributed by atoms with Crippen molar-refractivity contribution in [1.29, 1.82) is 0 Å². The van der Waals surface area contributed by atoms with Crippen LogP contribution < -0.4 is 15.8 Å². The number of nitrogens with one attached hydrogen (secondary N) is 2. The summed E-state index contributed by atoms with van der Waals surface area (Å²) in [5, 5.41) is 16.6. The van der Waals surface area contributed by atoms with Crippen molar-refractivity contribution in [2.45, 2.75) is 37.5 Å². The third kappa shape index (κ3) is 2.98. The molecule has 0 saturated carbocycles. The SMILES string of the molecule is C[C@H]1CCc2c(sc3c2C2NCNN2c2nnc(SCC(=O)N4CCOCC4)n2-3)C1. The Morgan fingerprint density at radius 1 is 1.33 bits per heavy atom. The number of carbonyl (C=O) groups is 1. The lowest BCUT2D eigenvalue weighted by Gasteiger charge is -2.31. The van der Waals surface area contributed by atoms with Gasteiger partial charge in [0, 0.05) is 23.5 Å². The second kappa shape index (κ2) is 7.49. The van der Waals surface area contributed by atoms with E-state index in [1.807, 2.05) is 16.2 Å². The number of anilines is 1. The molecule has 1 unspecified atom stereocenters. The lowest BCUT2D eigenvalue weighted by Crippen LogP contribution is -2.41. The van der Waals surface area contributed by atoms with Crippen LogP contribution in [-0.4, -0.2) is 64.3 Å². The predicted octanol–water partition coefficient (Wildman–Crippen LogP) is 1.29. The summed E-state index contributed by atoms with van der Waals surface area (Å²) in [4.78, 5) is 16.0. The molecule has 0 spiro atoms. The van der Waals surface area contributed by atoms with Crippen LogP contribution in [0.5, 0.6) is 0 Å². The molecule has 9 nitrogen and oxygen atoms in total. The molecular formula is C19H25N7O2S2. The Kier molecular flexibility index (Phi) is 4.75. The van der Waals surface area contributed by atoms with Gasteiger partial charge in [-0.3, -0.25) is 15.1 Å². The minimum absolute atomic E-state index is 0.0953. The smallest absolute Gasteiger partial charge is 0.249 e. The molecule has 2 fully saturated rings.